The molecule has 2 nitrogen and oxygen atoms in total. The van der Waals surface area contributed by atoms with Gasteiger partial charge < -0.3 is 5.32 Å². The van der Waals surface area contributed by atoms with Crippen molar-refractivity contribution in [2.75, 3.05) is 12.3 Å². The third-order valence-electron chi connectivity index (χ3n) is 2.87. The Morgan fingerprint density at radius 3 is 2.75 bits per heavy atom. The van der Waals surface area contributed by atoms with E-state index in [4.69, 9.17) is 0 Å². The van der Waals surface area contributed by atoms with E-state index in [9.17, 15) is 4.79 Å². The number of carbonyl (C=O) groups excluding carboxylic acids is 1. The summed E-state index contributed by atoms with van der Waals surface area (Å²) in [4.78, 5) is 12.8. The number of nitrogens with one attached hydrogen (secondary N) is 1. The fraction of sp³-hybridized carbons (Fsp3) is 0.312. The summed E-state index contributed by atoms with van der Waals surface area (Å²) < 4.78 is 0. The van der Waals surface area contributed by atoms with E-state index in [1.54, 1.807) is 11.3 Å². The molecule has 0 radical (unpaired) electrons. The van der Waals surface area contributed by atoms with Crippen LogP contribution in [0.3, 0.4) is 0 Å². The number of rotatable bonds is 7. The summed E-state index contributed by atoms with van der Waals surface area (Å²) >= 11 is 3.48. The van der Waals surface area contributed by atoms with Crippen LogP contribution >= 0.6 is 23.1 Å². The Labute approximate surface area is 128 Å². The molecule has 0 aliphatic heterocycles. The zero-order valence-electron chi connectivity index (χ0n) is 11.6. The molecule has 2 rings (SSSR count). The molecule has 0 fully saturated rings. The van der Waals surface area contributed by atoms with Gasteiger partial charge >= 0.3 is 0 Å². The summed E-state index contributed by atoms with van der Waals surface area (Å²) in [6, 6.07) is 12.6. The lowest BCUT2D eigenvalue weighted by Crippen LogP contribution is -2.27. The van der Waals surface area contributed by atoms with Crippen LogP contribution < -0.4 is 5.32 Å². The third kappa shape index (κ3) is 5.39. The molecular weight excluding hydrogens is 286 g/mol. The van der Waals surface area contributed by atoms with Gasteiger partial charge in [-0.25, -0.2) is 0 Å². The zero-order valence-corrected chi connectivity index (χ0v) is 13.2. The maximum absolute atomic E-state index is 11.7. The minimum atomic E-state index is 0.114. The van der Waals surface area contributed by atoms with Crippen LogP contribution in [0.5, 0.6) is 0 Å². The first-order chi connectivity index (χ1) is 9.74. The quantitative estimate of drug-likeness (QED) is 0.791. The van der Waals surface area contributed by atoms with Crippen LogP contribution in [0.2, 0.25) is 0 Å². The van der Waals surface area contributed by atoms with Crippen LogP contribution in [0.15, 0.2) is 41.8 Å². The highest BCUT2D eigenvalue weighted by Crippen LogP contribution is 2.12. The van der Waals surface area contributed by atoms with E-state index in [0.29, 0.717) is 6.42 Å². The molecule has 4 heteroatoms. The van der Waals surface area contributed by atoms with Gasteiger partial charge in [-0.15, -0.1) is 11.3 Å². The molecule has 0 unspecified atom stereocenters. The predicted molar refractivity (Wildman–Crippen MR) is 88.4 cm³/mol. The number of aryl methyl sites for hydroxylation is 1. The predicted octanol–water partition coefficient (Wildman–Crippen LogP) is 3.65. The molecule has 1 aromatic heterocycles. The average Bonchev–Trinajstić information content (AvgIpc) is 2.93. The van der Waals surface area contributed by atoms with Crippen molar-refractivity contribution >= 4 is 29.0 Å². The largest absolute Gasteiger partial charge is 0.355 e. The van der Waals surface area contributed by atoms with Crippen molar-refractivity contribution < 1.29 is 4.79 Å². The maximum Gasteiger partial charge on any atom is 0.225 e. The van der Waals surface area contributed by atoms with Crippen LogP contribution in [0.1, 0.15) is 16.0 Å². The van der Waals surface area contributed by atoms with Crippen LogP contribution in [-0.4, -0.2) is 18.2 Å². The Morgan fingerprint density at radius 1 is 1.25 bits per heavy atom. The van der Waals surface area contributed by atoms with Crippen LogP contribution in [0.25, 0.3) is 0 Å². The normalized spacial score (nSPS) is 10.4. The maximum atomic E-state index is 11.7. The lowest BCUT2D eigenvalue weighted by Gasteiger charge is -2.05. The minimum Gasteiger partial charge on any atom is -0.355 e. The van der Waals surface area contributed by atoms with E-state index in [-0.39, 0.29) is 5.91 Å². The van der Waals surface area contributed by atoms with Crippen molar-refractivity contribution in [1.82, 2.24) is 5.32 Å². The van der Waals surface area contributed by atoms with E-state index >= 15 is 0 Å². The van der Waals surface area contributed by atoms with Crippen LogP contribution in [-0.2, 0) is 17.0 Å². The standard InChI is InChI=1S/C16H19NOS2/c1-13-4-6-14(7-5-13)12-19-10-8-17-16(18)11-15-3-2-9-20-15/h2-7,9H,8,10-12H2,1H3,(H,17,18). The van der Waals surface area contributed by atoms with Crippen molar-refractivity contribution in [2.45, 2.75) is 19.1 Å². The molecule has 0 atom stereocenters. The van der Waals surface area contributed by atoms with Gasteiger partial charge in [0.05, 0.1) is 6.42 Å². The first kappa shape index (κ1) is 15.1. The van der Waals surface area contributed by atoms with Crippen molar-refractivity contribution in [3.05, 3.63) is 57.8 Å². The number of hydrogen-bond donors (Lipinski definition) is 1. The monoisotopic (exact) mass is 305 g/mol. The summed E-state index contributed by atoms with van der Waals surface area (Å²) in [7, 11) is 0. The average molecular weight is 305 g/mol. The van der Waals surface area contributed by atoms with Crippen LogP contribution in [0, 0.1) is 6.92 Å². The van der Waals surface area contributed by atoms with E-state index in [0.717, 1.165) is 22.9 Å². The molecule has 0 aliphatic carbocycles. The van der Waals surface area contributed by atoms with E-state index in [2.05, 4.69) is 36.5 Å². The smallest absolute Gasteiger partial charge is 0.225 e. The molecule has 1 amide bonds. The number of carbonyl (C=O) groups is 1. The number of thioether (sulfide) groups is 1. The second-order valence-corrected chi connectivity index (χ2v) is 6.78. The molecule has 0 saturated carbocycles. The van der Waals surface area contributed by atoms with Gasteiger partial charge in [0.1, 0.15) is 0 Å². The first-order valence-corrected chi connectivity index (χ1v) is 8.70. The fourth-order valence-corrected chi connectivity index (χ4v) is 3.29. The Hall–Kier alpha value is -1.26. The third-order valence-corrected chi connectivity index (χ3v) is 4.78. The molecule has 0 saturated heterocycles. The highest BCUT2D eigenvalue weighted by molar-refractivity contribution is 7.98. The van der Waals surface area contributed by atoms with E-state index < -0.39 is 0 Å². The SMILES string of the molecule is Cc1ccc(CSCCNC(=O)Cc2cccs2)cc1. The van der Waals surface area contributed by atoms with Crippen molar-refractivity contribution in [2.24, 2.45) is 0 Å². The highest BCUT2D eigenvalue weighted by Gasteiger charge is 2.03. The number of benzene rings is 1. The summed E-state index contributed by atoms with van der Waals surface area (Å²) in [6.45, 7) is 2.83. The summed E-state index contributed by atoms with van der Waals surface area (Å²) in [5.74, 6) is 2.06. The van der Waals surface area contributed by atoms with E-state index in [1.165, 1.54) is 11.1 Å². The van der Waals surface area contributed by atoms with Gasteiger partial charge in [0.25, 0.3) is 0 Å². The van der Waals surface area contributed by atoms with Gasteiger partial charge in [-0.05, 0) is 23.9 Å². The van der Waals surface area contributed by atoms with Gasteiger partial charge in [-0.1, -0.05) is 35.9 Å². The van der Waals surface area contributed by atoms with Crippen molar-refractivity contribution in [3.63, 3.8) is 0 Å². The Balaban J connectivity index is 1.57. The second kappa shape index (κ2) is 8.12. The molecule has 1 N–H and O–H groups in total. The Morgan fingerprint density at radius 2 is 2.05 bits per heavy atom. The van der Waals surface area contributed by atoms with Gasteiger partial charge in [-0.3, -0.25) is 4.79 Å². The summed E-state index contributed by atoms with van der Waals surface area (Å²) in [5.41, 5.74) is 2.63. The van der Waals surface area contributed by atoms with Gasteiger partial charge in [0.2, 0.25) is 5.91 Å². The van der Waals surface area contributed by atoms with Crippen molar-refractivity contribution in [3.8, 4) is 0 Å². The van der Waals surface area contributed by atoms with Gasteiger partial charge in [-0.2, -0.15) is 11.8 Å². The van der Waals surface area contributed by atoms with Crippen LogP contribution in [0.4, 0.5) is 0 Å². The van der Waals surface area contributed by atoms with Gasteiger partial charge in [0, 0.05) is 22.9 Å². The highest BCUT2D eigenvalue weighted by atomic mass is 32.2. The molecule has 1 heterocycles. The first-order valence-electron chi connectivity index (χ1n) is 6.66. The molecule has 0 bridgehead atoms. The number of hydrogen-bond acceptors (Lipinski definition) is 3. The Kier molecular flexibility index (Phi) is 6.15. The van der Waals surface area contributed by atoms with E-state index in [1.807, 2.05) is 29.3 Å². The molecule has 106 valence electrons. The zero-order chi connectivity index (χ0) is 14.2. The minimum absolute atomic E-state index is 0.114. The molecule has 0 aliphatic rings. The number of amides is 1. The summed E-state index contributed by atoms with van der Waals surface area (Å²) in [5, 5.41) is 4.96. The van der Waals surface area contributed by atoms with Gasteiger partial charge in [0.15, 0.2) is 0 Å². The lowest BCUT2D eigenvalue weighted by molar-refractivity contribution is -0.120. The molecule has 0 spiro atoms. The number of thiophene rings is 1. The molecule has 1 aromatic carbocycles. The molecular formula is C16H19NOS2. The summed E-state index contributed by atoms with van der Waals surface area (Å²) in [6.07, 6.45) is 0.500. The fourth-order valence-electron chi connectivity index (χ4n) is 1.77. The molecule has 2 aromatic rings. The second-order valence-electron chi connectivity index (χ2n) is 4.64. The molecule has 20 heavy (non-hydrogen) atoms. The Bertz CT molecular complexity index is 520. The lowest BCUT2D eigenvalue weighted by atomic mass is 10.2. The topological polar surface area (TPSA) is 29.1 Å². The van der Waals surface area contributed by atoms with Crippen molar-refractivity contribution in [1.29, 1.82) is 0 Å².